The van der Waals surface area contributed by atoms with E-state index in [1.165, 1.54) is 0 Å². The Bertz CT molecular complexity index is 1220. The highest BCUT2D eigenvalue weighted by Crippen LogP contribution is 2.39. The van der Waals surface area contributed by atoms with Crippen molar-refractivity contribution in [3.05, 3.63) is 59.7 Å². The zero-order valence-electron chi connectivity index (χ0n) is 21.2. The van der Waals surface area contributed by atoms with E-state index in [1.54, 1.807) is 52.8 Å². The number of rotatable bonds is 7. The number of urea groups is 1. The van der Waals surface area contributed by atoms with Crippen LogP contribution in [0.15, 0.2) is 48.5 Å². The molecule has 1 saturated heterocycles. The zero-order valence-corrected chi connectivity index (χ0v) is 22.0. The van der Waals surface area contributed by atoms with E-state index in [1.807, 2.05) is 0 Å². The van der Waals surface area contributed by atoms with Gasteiger partial charge in [0.1, 0.15) is 5.84 Å². The largest absolute Gasteiger partial charge is 0.398 e. The summed E-state index contributed by atoms with van der Waals surface area (Å²) in [5.74, 6) is 0.0317. The standard InChI is InChI=1S/C27H38N6O3S/c28-24-11-4-3-8-21(24)19-37(35,36)33-16-12-22(13-17-33)27(14-5-1-2-6-15-27)32-26(34)31-23-10-7-9-20(18-23)25(29)30/h3-4,7-11,18,22H,1-2,5-6,12-17,19,28H2,(H3,29,30)(H2,31,32,34). The number of nitrogens with one attached hydrogen (secondary N) is 3. The Balaban J connectivity index is 1.44. The minimum Gasteiger partial charge on any atom is -0.398 e. The molecular formula is C27H38N6O3S. The molecule has 0 unspecified atom stereocenters. The van der Waals surface area contributed by atoms with Crippen LogP contribution in [0.1, 0.15) is 62.5 Å². The van der Waals surface area contributed by atoms with Crippen molar-refractivity contribution < 1.29 is 13.2 Å². The van der Waals surface area contributed by atoms with Crippen LogP contribution in [0.25, 0.3) is 0 Å². The topological polar surface area (TPSA) is 154 Å². The number of piperidine rings is 1. The first kappa shape index (κ1) is 26.9. The summed E-state index contributed by atoms with van der Waals surface area (Å²) in [6.45, 7) is 0.872. The van der Waals surface area contributed by atoms with Gasteiger partial charge in [0.2, 0.25) is 10.0 Å². The second kappa shape index (κ2) is 11.5. The summed E-state index contributed by atoms with van der Waals surface area (Å²) in [4.78, 5) is 13.2. The molecule has 2 aromatic carbocycles. The van der Waals surface area contributed by atoms with Crippen LogP contribution >= 0.6 is 0 Å². The fraction of sp³-hybridized carbons (Fsp3) is 0.481. The number of benzene rings is 2. The second-order valence-corrected chi connectivity index (χ2v) is 12.2. The van der Waals surface area contributed by atoms with E-state index >= 15 is 0 Å². The van der Waals surface area contributed by atoms with Crippen molar-refractivity contribution in [2.45, 2.75) is 62.7 Å². The van der Waals surface area contributed by atoms with Crippen LogP contribution in [0.4, 0.5) is 16.2 Å². The van der Waals surface area contributed by atoms with Crippen LogP contribution in [0.3, 0.4) is 0 Å². The number of hydrogen-bond acceptors (Lipinski definition) is 5. The first-order valence-corrected chi connectivity index (χ1v) is 14.6. The van der Waals surface area contributed by atoms with Crippen LogP contribution in [0.5, 0.6) is 0 Å². The third kappa shape index (κ3) is 6.61. The quantitative estimate of drug-likeness (QED) is 0.160. The summed E-state index contributed by atoms with van der Waals surface area (Å²) >= 11 is 0. The second-order valence-electron chi connectivity index (χ2n) is 10.3. The van der Waals surface area contributed by atoms with Crippen LogP contribution in [-0.4, -0.2) is 43.2 Å². The zero-order chi connectivity index (χ0) is 26.5. The number of para-hydroxylation sites is 1. The fourth-order valence-electron chi connectivity index (χ4n) is 5.79. The van der Waals surface area contributed by atoms with Crippen LogP contribution < -0.4 is 22.1 Å². The maximum Gasteiger partial charge on any atom is 0.319 e. The molecule has 37 heavy (non-hydrogen) atoms. The molecule has 10 heteroatoms. The molecule has 1 aliphatic carbocycles. The number of carbonyl (C=O) groups excluding carboxylic acids is 1. The number of nitrogens with two attached hydrogens (primary N) is 2. The molecule has 200 valence electrons. The third-order valence-electron chi connectivity index (χ3n) is 7.81. The molecule has 2 aromatic rings. The van der Waals surface area contributed by atoms with Crippen molar-refractivity contribution in [1.29, 1.82) is 5.41 Å². The van der Waals surface area contributed by atoms with Gasteiger partial charge in [-0.1, -0.05) is 56.0 Å². The predicted octanol–water partition coefficient (Wildman–Crippen LogP) is 4.01. The SMILES string of the molecule is N=C(N)c1cccc(NC(=O)NC2(C3CCN(S(=O)(=O)Cc4ccccc4N)CC3)CCCCCC2)c1. The van der Waals surface area contributed by atoms with Gasteiger partial charge in [-0.3, -0.25) is 5.41 Å². The van der Waals surface area contributed by atoms with Gasteiger partial charge in [0, 0.05) is 35.6 Å². The van der Waals surface area contributed by atoms with Crippen LogP contribution in [-0.2, 0) is 15.8 Å². The Morgan fingerprint density at radius 3 is 2.35 bits per heavy atom. The Kier molecular flexibility index (Phi) is 8.39. The molecular weight excluding hydrogens is 488 g/mol. The van der Waals surface area contributed by atoms with Gasteiger partial charge in [0.25, 0.3) is 0 Å². The van der Waals surface area contributed by atoms with Crippen molar-refractivity contribution in [2.24, 2.45) is 11.7 Å². The van der Waals surface area contributed by atoms with E-state index < -0.39 is 10.0 Å². The summed E-state index contributed by atoms with van der Waals surface area (Å²) in [7, 11) is -3.49. The molecule has 2 amide bonds. The average Bonchev–Trinajstić information content (AvgIpc) is 3.12. The van der Waals surface area contributed by atoms with Gasteiger partial charge >= 0.3 is 6.03 Å². The normalized spacial score (nSPS) is 19.0. The molecule has 0 radical (unpaired) electrons. The lowest BCUT2D eigenvalue weighted by Crippen LogP contribution is -2.57. The lowest BCUT2D eigenvalue weighted by atomic mass is 9.73. The van der Waals surface area contributed by atoms with E-state index in [4.69, 9.17) is 16.9 Å². The number of sulfonamides is 1. The van der Waals surface area contributed by atoms with Crippen molar-refractivity contribution in [3.63, 3.8) is 0 Å². The van der Waals surface area contributed by atoms with Gasteiger partial charge in [-0.25, -0.2) is 17.5 Å². The van der Waals surface area contributed by atoms with Crippen molar-refractivity contribution >= 4 is 33.3 Å². The molecule has 1 saturated carbocycles. The van der Waals surface area contributed by atoms with E-state index in [9.17, 15) is 13.2 Å². The maximum atomic E-state index is 13.2. The van der Waals surface area contributed by atoms with Gasteiger partial charge in [-0.05, 0) is 55.4 Å². The molecule has 0 bridgehead atoms. The van der Waals surface area contributed by atoms with Gasteiger partial charge in [0.15, 0.2) is 0 Å². The highest BCUT2D eigenvalue weighted by molar-refractivity contribution is 7.88. The Morgan fingerprint density at radius 2 is 1.70 bits per heavy atom. The van der Waals surface area contributed by atoms with Crippen molar-refractivity contribution in [1.82, 2.24) is 9.62 Å². The van der Waals surface area contributed by atoms with E-state index in [0.717, 1.165) is 38.5 Å². The number of nitrogens with zero attached hydrogens (tertiary/aromatic N) is 1. The molecule has 7 N–H and O–H groups in total. The highest BCUT2D eigenvalue weighted by Gasteiger charge is 2.43. The summed E-state index contributed by atoms with van der Waals surface area (Å²) in [5, 5.41) is 13.9. The molecule has 2 aliphatic rings. The first-order chi connectivity index (χ1) is 17.7. The number of amides is 2. The predicted molar refractivity (Wildman–Crippen MR) is 148 cm³/mol. The molecule has 0 aromatic heterocycles. The van der Waals surface area contributed by atoms with E-state index in [0.29, 0.717) is 48.4 Å². The fourth-order valence-corrected chi connectivity index (χ4v) is 7.39. The maximum absolute atomic E-state index is 13.2. The van der Waals surface area contributed by atoms with Gasteiger partial charge < -0.3 is 22.1 Å². The number of carbonyl (C=O) groups is 1. The van der Waals surface area contributed by atoms with E-state index in [-0.39, 0.29) is 29.1 Å². The summed E-state index contributed by atoms with van der Waals surface area (Å²) < 4.78 is 27.9. The van der Waals surface area contributed by atoms with Gasteiger partial charge in [-0.2, -0.15) is 0 Å². The van der Waals surface area contributed by atoms with Gasteiger partial charge in [-0.15, -0.1) is 0 Å². The molecule has 0 spiro atoms. The summed E-state index contributed by atoms with van der Waals surface area (Å²) in [6, 6.07) is 13.7. The molecule has 1 heterocycles. The number of nitrogen functional groups attached to an aromatic ring is 2. The van der Waals surface area contributed by atoms with Crippen molar-refractivity contribution in [3.8, 4) is 0 Å². The molecule has 1 aliphatic heterocycles. The Morgan fingerprint density at radius 1 is 1.03 bits per heavy atom. The third-order valence-corrected chi connectivity index (χ3v) is 9.64. The number of hydrogen-bond donors (Lipinski definition) is 5. The van der Waals surface area contributed by atoms with Crippen molar-refractivity contribution in [2.75, 3.05) is 24.1 Å². The number of amidine groups is 1. The number of anilines is 2. The molecule has 2 fully saturated rings. The smallest absolute Gasteiger partial charge is 0.319 e. The highest BCUT2D eigenvalue weighted by atomic mass is 32.2. The van der Waals surface area contributed by atoms with Gasteiger partial charge in [0.05, 0.1) is 5.75 Å². The lowest BCUT2D eigenvalue weighted by molar-refractivity contribution is 0.130. The first-order valence-electron chi connectivity index (χ1n) is 13.0. The minimum absolute atomic E-state index is 0.0547. The van der Waals surface area contributed by atoms with E-state index in [2.05, 4.69) is 10.6 Å². The summed E-state index contributed by atoms with van der Waals surface area (Å²) in [6.07, 6.45) is 7.50. The minimum atomic E-state index is -3.49. The van der Waals surface area contributed by atoms with Crippen LogP contribution in [0, 0.1) is 11.3 Å². The average molecular weight is 527 g/mol. The molecule has 0 atom stereocenters. The Hall–Kier alpha value is -3.11. The summed E-state index contributed by atoms with van der Waals surface area (Å²) in [5.41, 5.74) is 13.4. The molecule has 4 rings (SSSR count). The lowest BCUT2D eigenvalue weighted by Gasteiger charge is -2.45. The Labute approximate surface area is 219 Å². The molecule has 9 nitrogen and oxygen atoms in total. The van der Waals surface area contributed by atoms with Crippen LogP contribution in [0.2, 0.25) is 0 Å². The monoisotopic (exact) mass is 526 g/mol.